The molecule has 0 heterocycles. The molecule has 0 amide bonds. The van der Waals surface area contributed by atoms with Crippen molar-refractivity contribution in [2.24, 2.45) is 0 Å². The zero-order valence-electron chi connectivity index (χ0n) is 24.9. The van der Waals surface area contributed by atoms with Crippen molar-refractivity contribution in [1.82, 2.24) is 4.72 Å². The summed E-state index contributed by atoms with van der Waals surface area (Å²) < 4.78 is 42.0. The first-order valence-corrected chi connectivity index (χ1v) is 15.2. The van der Waals surface area contributed by atoms with Crippen LogP contribution in [0.15, 0.2) is 72.8 Å². The number of ketones is 1. The standard InChI is InChI=1S/C33H43NO5S/c1-9-28(40(36,37)34-29(23-16-12-10-13-17-23)24-18-14-11-15-19-24)30(35)25-20-26(32(2,3)4)31(39-22-38-8)27(21-25)33(5,6)7/h10-21,28-29,34H,9,22H2,1-8H3. The van der Waals surface area contributed by atoms with Gasteiger partial charge in [-0.15, -0.1) is 0 Å². The maximum absolute atomic E-state index is 14.1. The van der Waals surface area contributed by atoms with E-state index in [0.717, 1.165) is 22.3 Å². The molecule has 1 unspecified atom stereocenters. The third kappa shape index (κ3) is 7.39. The van der Waals surface area contributed by atoms with Crippen LogP contribution >= 0.6 is 0 Å². The zero-order valence-corrected chi connectivity index (χ0v) is 25.8. The van der Waals surface area contributed by atoms with Gasteiger partial charge in [-0.1, -0.05) is 109 Å². The Morgan fingerprint density at radius 1 is 0.825 bits per heavy atom. The lowest BCUT2D eigenvalue weighted by Crippen LogP contribution is -2.41. The van der Waals surface area contributed by atoms with Crippen LogP contribution in [-0.4, -0.2) is 33.4 Å². The van der Waals surface area contributed by atoms with E-state index in [1.165, 1.54) is 0 Å². The van der Waals surface area contributed by atoms with Crippen LogP contribution in [0.3, 0.4) is 0 Å². The summed E-state index contributed by atoms with van der Waals surface area (Å²) in [6.07, 6.45) is 0.127. The molecule has 0 aliphatic rings. The van der Waals surface area contributed by atoms with E-state index < -0.39 is 27.1 Å². The van der Waals surface area contributed by atoms with Crippen LogP contribution in [0.2, 0.25) is 0 Å². The smallest absolute Gasteiger partial charge is 0.222 e. The molecule has 0 aliphatic carbocycles. The van der Waals surface area contributed by atoms with Crippen molar-refractivity contribution in [3.05, 3.63) is 101 Å². The fourth-order valence-electron chi connectivity index (χ4n) is 4.76. The normalized spacial score (nSPS) is 13.3. The van der Waals surface area contributed by atoms with Gasteiger partial charge < -0.3 is 9.47 Å². The number of Topliss-reactive ketones (excluding diaryl/α,β-unsaturated/α-hetero) is 1. The van der Waals surface area contributed by atoms with E-state index in [-0.39, 0.29) is 24.0 Å². The summed E-state index contributed by atoms with van der Waals surface area (Å²) in [5, 5.41) is -1.27. The molecule has 0 aromatic heterocycles. The Bertz CT molecular complexity index is 1310. The predicted octanol–water partition coefficient (Wildman–Crippen LogP) is 6.93. The van der Waals surface area contributed by atoms with Gasteiger partial charge in [0.1, 0.15) is 11.0 Å². The second kappa shape index (κ2) is 12.7. The van der Waals surface area contributed by atoms with Crippen molar-refractivity contribution < 1.29 is 22.7 Å². The fourth-order valence-corrected chi connectivity index (χ4v) is 6.38. The highest BCUT2D eigenvalue weighted by Crippen LogP contribution is 2.41. The lowest BCUT2D eigenvalue weighted by Gasteiger charge is -2.31. The summed E-state index contributed by atoms with van der Waals surface area (Å²) in [7, 11) is -2.52. The monoisotopic (exact) mass is 565 g/mol. The highest BCUT2D eigenvalue weighted by atomic mass is 32.2. The largest absolute Gasteiger partial charge is 0.467 e. The third-order valence-electron chi connectivity index (χ3n) is 6.90. The molecule has 0 fully saturated rings. The molecule has 0 aliphatic heterocycles. The van der Waals surface area contributed by atoms with Crippen LogP contribution in [0.1, 0.15) is 93.5 Å². The number of carbonyl (C=O) groups is 1. The van der Waals surface area contributed by atoms with E-state index >= 15 is 0 Å². The molecule has 0 saturated carbocycles. The molecule has 0 spiro atoms. The van der Waals surface area contributed by atoms with E-state index in [0.29, 0.717) is 11.3 Å². The lowest BCUT2D eigenvalue weighted by atomic mass is 9.78. The zero-order chi connectivity index (χ0) is 29.7. The second-order valence-corrected chi connectivity index (χ2v) is 14.0. The average molecular weight is 566 g/mol. The van der Waals surface area contributed by atoms with Gasteiger partial charge in [-0.25, -0.2) is 13.1 Å². The number of rotatable bonds is 11. The minimum absolute atomic E-state index is 0.0652. The maximum atomic E-state index is 14.1. The van der Waals surface area contributed by atoms with Crippen molar-refractivity contribution in [2.45, 2.75) is 77.0 Å². The van der Waals surface area contributed by atoms with Gasteiger partial charge in [0, 0.05) is 23.8 Å². The molecular formula is C33H43NO5S. The quantitative estimate of drug-likeness (QED) is 0.201. The second-order valence-electron chi connectivity index (χ2n) is 12.1. The van der Waals surface area contributed by atoms with Gasteiger partial charge in [0.2, 0.25) is 10.0 Å². The molecule has 6 nitrogen and oxygen atoms in total. The molecule has 0 bridgehead atoms. The molecule has 1 atom stereocenters. The van der Waals surface area contributed by atoms with E-state index in [1.54, 1.807) is 26.2 Å². The molecule has 0 saturated heterocycles. The van der Waals surface area contributed by atoms with Gasteiger partial charge in [0.15, 0.2) is 12.6 Å². The lowest BCUT2D eigenvalue weighted by molar-refractivity contribution is 0.0484. The van der Waals surface area contributed by atoms with E-state index in [2.05, 4.69) is 4.72 Å². The van der Waals surface area contributed by atoms with Crippen LogP contribution in [-0.2, 0) is 25.6 Å². The highest BCUT2D eigenvalue weighted by molar-refractivity contribution is 7.90. The first-order chi connectivity index (χ1) is 18.7. The summed E-state index contributed by atoms with van der Waals surface area (Å²) in [5.74, 6) is 0.227. The Hall–Kier alpha value is -3.00. The Labute approximate surface area is 240 Å². The minimum atomic E-state index is -4.09. The van der Waals surface area contributed by atoms with Gasteiger partial charge in [0.25, 0.3) is 0 Å². The Morgan fingerprint density at radius 2 is 1.27 bits per heavy atom. The van der Waals surface area contributed by atoms with Gasteiger partial charge >= 0.3 is 0 Å². The Morgan fingerprint density at radius 3 is 1.65 bits per heavy atom. The number of methoxy groups -OCH3 is 1. The SMILES string of the molecule is CCC(C(=O)c1cc(C(C)(C)C)c(OCOC)c(C(C)(C)C)c1)S(=O)(=O)NC(c1ccccc1)c1ccccc1. The maximum Gasteiger partial charge on any atom is 0.222 e. The number of nitrogens with one attached hydrogen (secondary N) is 1. The van der Waals surface area contributed by atoms with Crippen LogP contribution in [0, 0.1) is 0 Å². The van der Waals surface area contributed by atoms with Gasteiger partial charge in [0.05, 0.1) is 6.04 Å². The van der Waals surface area contributed by atoms with Crippen molar-refractivity contribution in [3.8, 4) is 5.75 Å². The fraction of sp³-hybridized carbons (Fsp3) is 0.424. The highest BCUT2D eigenvalue weighted by Gasteiger charge is 2.36. The number of hydrogen-bond acceptors (Lipinski definition) is 5. The molecule has 3 aromatic carbocycles. The third-order valence-corrected chi connectivity index (χ3v) is 8.76. The van der Waals surface area contributed by atoms with Crippen molar-refractivity contribution in [2.75, 3.05) is 13.9 Å². The minimum Gasteiger partial charge on any atom is -0.467 e. The molecule has 216 valence electrons. The molecule has 40 heavy (non-hydrogen) atoms. The molecule has 3 aromatic rings. The molecule has 3 rings (SSSR count). The van der Waals surface area contributed by atoms with Gasteiger partial charge in [-0.05, 0) is 40.5 Å². The van der Waals surface area contributed by atoms with Crippen LogP contribution in [0.4, 0.5) is 0 Å². The van der Waals surface area contributed by atoms with Crippen LogP contribution < -0.4 is 9.46 Å². The molecular weight excluding hydrogens is 522 g/mol. The Kier molecular flexibility index (Phi) is 9.99. The predicted molar refractivity (Wildman–Crippen MR) is 162 cm³/mol. The molecule has 7 heteroatoms. The summed E-state index contributed by atoms with van der Waals surface area (Å²) >= 11 is 0. The van der Waals surface area contributed by atoms with E-state index in [4.69, 9.17) is 9.47 Å². The number of benzene rings is 3. The summed E-state index contributed by atoms with van der Waals surface area (Å²) in [6, 6.07) is 21.7. The van der Waals surface area contributed by atoms with Crippen molar-refractivity contribution in [3.63, 3.8) is 0 Å². The van der Waals surface area contributed by atoms with E-state index in [9.17, 15) is 13.2 Å². The number of sulfonamides is 1. The first-order valence-electron chi connectivity index (χ1n) is 13.7. The van der Waals surface area contributed by atoms with Crippen molar-refractivity contribution in [1.29, 1.82) is 0 Å². The van der Waals surface area contributed by atoms with Crippen LogP contribution in [0.25, 0.3) is 0 Å². The topological polar surface area (TPSA) is 81.7 Å². The summed E-state index contributed by atoms with van der Waals surface area (Å²) in [6.45, 7) is 14.1. The van der Waals surface area contributed by atoms with E-state index in [1.807, 2.05) is 102 Å². The summed E-state index contributed by atoms with van der Waals surface area (Å²) in [5.41, 5.74) is 2.86. The number of carbonyl (C=O) groups excluding carboxylic acids is 1. The number of hydrogen-bond donors (Lipinski definition) is 1. The van der Waals surface area contributed by atoms with Crippen LogP contribution in [0.5, 0.6) is 5.75 Å². The number of ether oxygens (including phenoxy) is 2. The average Bonchev–Trinajstić information content (AvgIpc) is 2.90. The Balaban J connectivity index is 2.11. The first kappa shape index (κ1) is 31.5. The van der Waals surface area contributed by atoms with Gasteiger partial charge in [-0.2, -0.15) is 0 Å². The summed E-state index contributed by atoms with van der Waals surface area (Å²) in [4.78, 5) is 14.1. The van der Waals surface area contributed by atoms with Gasteiger partial charge in [-0.3, -0.25) is 4.79 Å². The van der Waals surface area contributed by atoms with Crippen molar-refractivity contribution >= 4 is 15.8 Å². The molecule has 0 radical (unpaired) electrons. The molecule has 1 N–H and O–H groups in total.